The lowest BCUT2D eigenvalue weighted by Crippen LogP contribution is -2.36. The van der Waals surface area contributed by atoms with Crippen LogP contribution in [0.5, 0.6) is 0 Å². The van der Waals surface area contributed by atoms with Crippen LogP contribution in [0.3, 0.4) is 0 Å². The molecule has 1 N–H and O–H groups in total. The molecule has 0 saturated carbocycles. The Balaban J connectivity index is 1.79. The molecule has 1 aliphatic rings. The van der Waals surface area contributed by atoms with Gasteiger partial charge >= 0.3 is 0 Å². The summed E-state index contributed by atoms with van der Waals surface area (Å²) in [6.07, 6.45) is 4.67. The maximum absolute atomic E-state index is 12.9. The number of pyridine rings is 2. The van der Waals surface area contributed by atoms with Gasteiger partial charge in [-0.2, -0.15) is 0 Å². The van der Waals surface area contributed by atoms with Gasteiger partial charge in [-0.1, -0.05) is 12.1 Å². The van der Waals surface area contributed by atoms with E-state index in [0.29, 0.717) is 18.2 Å². The summed E-state index contributed by atoms with van der Waals surface area (Å²) >= 11 is 0. The van der Waals surface area contributed by atoms with Gasteiger partial charge in [0, 0.05) is 31.2 Å². The number of aromatic nitrogens is 2. The maximum atomic E-state index is 12.9. The quantitative estimate of drug-likeness (QED) is 0.918. The van der Waals surface area contributed by atoms with Crippen LogP contribution in [-0.2, 0) is 6.54 Å². The van der Waals surface area contributed by atoms with Crippen molar-refractivity contribution in [2.45, 2.75) is 19.9 Å². The minimum Gasteiger partial charge on any atom is -0.333 e. The molecule has 0 aromatic carbocycles. The van der Waals surface area contributed by atoms with E-state index in [1.807, 2.05) is 42.3 Å². The zero-order chi connectivity index (χ0) is 16.1. The van der Waals surface area contributed by atoms with Crippen molar-refractivity contribution >= 4 is 5.91 Å². The Morgan fingerprint density at radius 2 is 2.26 bits per heavy atom. The summed E-state index contributed by atoms with van der Waals surface area (Å²) in [6, 6.07) is 9.49. The Morgan fingerprint density at radius 3 is 2.96 bits per heavy atom. The van der Waals surface area contributed by atoms with Crippen molar-refractivity contribution in [1.29, 1.82) is 0 Å². The summed E-state index contributed by atoms with van der Waals surface area (Å²) in [5.74, 6) is 0.491. The monoisotopic (exact) mass is 310 g/mol. The second-order valence-corrected chi connectivity index (χ2v) is 6.07. The van der Waals surface area contributed by atoms with Crippen molar-refractivity contribution in [1.82, 2.24) is 20.2 Å². The minimum absolute atomic E-state index is 0.00977. The zero-order valence-electron chi connectivity index (χ0n) is 13.4. The molecule has 5 heteroatoms. The second-order valence-electron chi connectivity index (χ2n) is 6.07. The fourth-order valence-corrected chi connectivity index (χ4v) is 2.94. The van der Waals surface area contributed by atoms with Gasteiger partial charge in [0.1, 0.15) is 5.69 Å². The molecule has 1 atom stereocenters. The average molecular weight is 310 g/mol. The van der Waals surface area contributed by atoms with E-state index in [9.17, 15) is 4.79 Å². The molecule has 3 rings (SSSR count). The molecule has 5 nitrogen and oxygen atoms in total. The highest BCUT2D eigenvalue weighted by Crippen LogP contribution is 2.15. The molecule has 2 aromatic heterocycles. The van der Waals surface area contributed by atoms with E-state index < -0.39 is 0 Å². The van der Waals surface area contributed by atoms with Gasteiger partial charge in [0.2, 0.25) is 0 Å². The van der Waals surface area contributed by atoms with Crippen LogP contribution < -0.4 is 5.32 Å². The fraction of sp³-hybridized carbons (Fsp3) is 0.389. The highest BCUT2D eigenvalue weighted by atomic mass is 16.2. The first-order valence-electron chi connectivity index (χ1n) is 8.05. The summed E-state index contributed by atoms with van der Waals surface area (Å²) in [5, 5.41) is 3.36. The van der Waals surface area contributed by atoms with E-state index in [0.717, 1.165) is 37.3 Å². The van der Waals surface area contributed by atoms with Crippen LogP contribution in [0.1, 0.15) is 28.2 Å². The van der Waals surface area contributed by atoms with Gasteiger partial charge in [0.05, 0.1) is 0 Å². The predicted octanol–water partition coefficient (Wildman–Crippen LogP) is 2.04. The van der Waals surface area contributed by atoms with E-state index in [2.05, 4.69) is 15.3 Å². The van der Waals surface area contributed by atoms with Gasteiger partial charge in [-0.05, 0) is 56.1 Å². The average Bonchev–Trinajstić information content (AvgIpc) is 3.08. The summed E-state index contributed by atoms with van der Waals surface area (Å²) < 4.78 is 0. The van der Waals surface area contributed by atoms with E-state index in [4.69, 9.17) is 0 Å². The number of aryl methyl sites for hydroxylation is 1. The smallest absolute Gasteiger partial charge is 0.272 e. The van der Waals surface area contributed by atoms with Gasteiger partial charge in [-0.25, -0.2) is 4.98 Å². The van der Waals surface area contributed by atoms with Gasteiger partial charge < -0.3 is 10.2 Å². The Morgan fingerprint density at radius 1 is 1.35 bits per heavy atom. The molecule has 3 heterocycles. The van der Waals surface area contributed by atoms with E-state index in [1.165, 1.54) is 0 Å². The SMILES string of the molecule is Cc1cccc(C(=O)N(Cc2cccnc2)C[C@@H]2CCNC2)n1. The Bertz CT molecular complexity index is 653. The van der Waals surface area contributed by atoms with Crippen LogP contribution in [0.25, 0.3) is 0 Å². The summed E-state index contributed by atoms with van der Waals surface area (Å²) in [6.45, 7) is 5.22. The van der Waals surface area contributed by atoms with Gasteiger partial charge in [-0.15, -0.1) is 0 Å². The lowest BCUT2D eigenvalue weighted by Gasteiger charge is -2.25. The molecule has 120 valence electrons. The number of hydrogen-bond acceptors (Lipinski definition) is 4. The number of carbonyl (C=O) groups is 1. The fourth-order valence-electron chi connectivity index (χ4n) is 2.94. The minimum atomic E-state index is -0.00977. The topological polar surface area (TPSA) is 58.1 Å². The van der Waals surface area contributed by atoms with Crippen LogP contribution >= 0.6 is 0 Å². The normalized spacial score (nSPS) is 17.2. The van der Waals surface area contributed by atoms with Crippen LogP contribution in [0, 0.1) is 12.8 Å². The zero-order valence-corrected chi connectivity index (χ0v) is 13.4. The number of amides is 1. The third kappa shape index (κ3) is 4.13. The molecule has 0 radical (unpaired) electrons. The lowest BCUT2D eigenvalue weighted by atomic mass is 10.1. The molecule has 1 fully saturated rings. The first-order chi connectivity index (χ1) is 11.2. The third-order valence-electron chi connectivity index (χ3n) is 4.13. The summed E-state index contributed by atoms with van der Waals surface area (Å²) in [7, 11) is 0. The number of hydrogen-bond donors (Lipinski definition) is 1. The largest absolute Gasteiger partial charge is 0.333 e. The molecular formula is C18H22N4O. The van der Waals surface area contributed by atoms with Crippen LogP contribution in [0.15, 0.2) is 42.7 Å². The first kappa shape index (κ1) is 15.6. The molecule has 0 aliphatic carbocycles. The maximum Gasteiger partial charge on any atom is 0.272 e. The number of rotatable bonds is 5. The van der Waals surface area contributed by atoms with Crippen LogP contribution in [0.4, 0.5) is 0 Å². The van der Waals surface area contributed by atoms with Crippen molar-refractivity contribution in [2.75, 3.05) is 19.6 Å². The summed E-state index contributed by atoms with van der Waals surface area (Å²) in [5.41, 5.74) is 2.42. The Labute approximate surface area is 136 Å². The highest BCUT2D eigenvalue weighted by molar-refractivity contribution is 5.92. The predicted molar refractivity (Wildman–Crippen MR) is 88.9 cm³/mol. The Kier molecular flexibility index (Phi) is 4.98. The molecule has 23 heavy (non-hydrogen) atoms. The first-order valence-corrected chi connectivity index (χ1v) is 8.05. The molecule has 1 amide bonds. The lowest BCUT2D eigenvalue weighted by molar-refractivity contribution is 0.0712. The number of nitrogens with one attached hydrogen (secondary N) is 1. The third-order valence-corrected chi connectivity index (χ3v) is 4.13. The van der Waals surface area contributed by atoms with Crippen molar-refractivity contribution in [3.63, 3.8) is 0 Å². The standard InChI is InChI=1S/C18H22N4O/c1-14-4-2-6-17(21-14)18(23)22(13-16-7-9-20-11-16)12-15-5-3-8-19-10-15/h2-6,8,10,16,20H,7,9,11-13H2,1H3/t16-/m1/s1. The molecule has 2 aromatic rings. The van der Waals surface area contributed by atoms with Crippen molar-refractivity contribution < 1.29 is 4.79 Å². The number of carbonyl (C=O) groups excluding carboxylic acids is 1. The molecule has 0 spiro atoms. The van der Waals surface area contributed by atoms with E-state index in [-0.39, 0.29) is 5.91 Å². The van der Waals surface area contributed by atoms with Crippen molar-refractivity contribution in [2.24, 2.45) is 5.92 Å². The van der Waals surface area contributed by atoms with Crippen LogP contribution in [-0.4, -0.2) is 40.4 Å². The molecule has 1 saturated heterocycles. The molecule has 0 bridgehead atoms. The van der Waals surface area contributed by atoms with Crippen molar-refractivity contribution in [3.05, 3.63) is 59.7 Å². The highest BCUT2D eigenvalue weighted by Gasteiger charge is 2.23. The van der Waals surface area contributed by atoms with Gasteiger partial charge in [0.25, 0.3) is 5.91 Å². The molecule has 1 aliphatic heterocycles. The van der Waals surface area contributed by atoms with E-state index in [1.54, 1.807) is 12.3 Å². The van der Waals surface area contributed by atoms with E-state index >= 15 is 0 Å². The molecule has 0 unspecified atom stereocenters. The Hall–Kier alpha value is -2.27. The van der Waals surface area contributed by atoms with Gasteiger partial charge in [-0.3, -0.25) is 9.78 Å². The molecular weight excluding hydrogens is 288 g/mol. The summed E-state index contributed by atoms with van der Waals surface area (Å²) in [4.78, 5) is 23.3. The number of nitrogens with zero attached hydrogens (tertiary/aromatic N) is 3. The second kappa shape index (κ2) is 7.33. The van der Waals surface area contributed by atoms with Crippen LogP contribution in [0.2, 0.25) is 0 Å². The van der Waals surface area contributed by atoms with Crippen molar-refractivity contribution in [3.8, 4) is 0 Å². The van der Waals surface area contributed by atoms with Gasteiger partial charge in [0.15, 0.2) is 0 Å².